The molecule has 0 aliphatic carbocycles. The molecule has 0 unspecified atom stereocenters. The molecule has 1 aliphatic heterocycles. The van der Waals surface area contributed by atoms with Crippen LogP contribution in [0.15, 0.2) is 12.1 Å². The van der Waals surface area contributed by atoms with Crippen LogP contribution in [0.3, 0.4) is 0 Å². The number of hydrogen-bond donors (Lipinski definition) is 1. The number of anilines is 1. The van der Waals surface area contributed by atoms with Gasteiger partial charge in [-0.3, -0.25) is 0 Å². The van der Waals surface area contributed by atoms with E-state index in [0.717, 1.165) is 0 Å². The number of ether oxygens (including phenoxy) is 1. The van der Waals surface area contributed by atoms with Crippen molar-refractivity contribution in [1.29, 1.82) is 0 Å². The highest BCUT2D eigenvalue weighted by Gasteiger charge is 2.41. The van der Waals surface area contributed by atoms with E-state index in [9.17, 15) is 4.79 Å². The molecule has 74 valence electrons. The van der Waals surface area contributed by atoms with Crippen LogP contribution < -0.4 is 5.73 Å². The Morgan fingerprint density at radius 2 is 2.29 bits per heavy atom. The molecule has 2 N–H and O–H groups in total. The molecule has 0 bridgehead atoms. The van der Waals surface area contributed by atoms with Gasteiger partial charge in [0.2, 0.25) is 0 Å². The summed E-state index contributed by atoms with van der Waals surface area (Å²) in [5.41, 5.74) is 6.15. The number of carbonyl (C=O) groups excluding carboxylic acids is 1. The van der Waals surface area contributed by atoms with E-state index in [1.165, 1.54) is 0 Å². The molecule has 4 nitrogen and oxygen atoms in total. The third-order valence-electron chi connectivity index (χ3n) is 2.63. The number of cyclic esters (lactones) is 1. The molecule has 0 saturated heterocycles. The van der Waals surface area contributed by atoms with Crippen LogP contribution >= 0.6 is 0 Å². The van der Waals surface area contributed by atoms with Crippen LogP contribution in [-0.2, 0) is 10.3 Å². The van der Waals surface area contributed by atoms with Crippen LogP contribution in [0.25, 0.3) is 0 Å². The quantitative estimate of drug-likeness (QED) is 0.684. The molecule has 0 aromatic carbocycles. The number of fused-ring (bicyclic) bond motifs is 1. The summed E-state index contributed by atoms with van der Waals surface area (Å²) in [6.45, 7) is 3.80. The van der Waals surface area contributed by atoms with Crippen molar-refractivity contribution >= 4 is 11.8 Å². The van der Waals surface area contributed by atoms with Crippen molar-refractivity contribution in [3.05, 3.63) is 23.4 Å². The third-order valence-corrected chi connectivity index (χ3v) is 2.63. The highest BCUT2D eigenvalue weighted by Crippen LogP contribution is 2.37. The lowest BCUT2D eigenvalue weighted by molar-refractivity contribution is -0.00220. The van der Waals surface area contributed by atoms with Gasteiger partial charge in [0.05, 0.1) is 5.56 Å². The Hall–Kier alpha value is -1.58. The monoisotopic (exact) mass is 192 g/mol. The first-order valence-corrected chi connectivity index (χ1v) is 4.57. The predicted octanol–water partition coefficient (Wildman–Crippen LogP) is 1.46. The Morgan fingerprint density at radius 3 is 2.93 bits per heavy atom. The zero-order valence-electron chi connectivity index (χ0n) is 8.20. The van der Waals surface area contributed by atoms with Gasteiger partial charge in [0.1, 0.15) is 11.5 Å². The van der Waals surface area contributed by atoms with Crippen LogP contribution in [0.4, 0.5) is 5.82 Å². The number of nitrogens with two attached hydrogens (primary N) is 1. The normalized spacial score (nSPS) is 24.6. The van der Waals surface area contributed by atoms with Crippen LogP contribution in [0.2, 0.25) is 0 Å². The Morgan fingerprint density at radius 1 is 1.57 bits per heavy atom. The van der Waals surface area contributed by atoms with Gasteiger partial charge < -0.3 is 10.5 Å². The van der Waals surface area contributed by atoms with E-state index < -0.39 is 5.60 Å². The van der Waals surface area contributed by atoms with Crippen molar-refractivity contribution in [2.24, 2.45) is 0 Å². The molecule has 1 aromatic rings. The number of hydrogen-bond acceptors (Lipinski definition) is 4. The Balaban J connectivity index is 2.62. The molecule has 0 amide bonds. The Kier molecular flexibility index (Phi) is 1.74. The lowest BCUT2D eigenvalue weighted by atomic mass is 9.97. The van der Waals surface area contributed by atoms with Gasteiger partial charge in [-0.15, -0.1) is 0 Å². The standard InChI is InChI=1S/C10H12N2O2/c1-3-10(2)8-6(9(13)14-10)4-5-7(11)12-8/h4-5H,3H2,1-2H3,(H2,11,12)/t10-/m0/s1. The molecule has 2 rings (SSSR count). The van der Waals surface area contributed by atoms with E-state index in [0.29, 0.717) is 23.5 Å². The third kappa shape index (κ3) is 1.07. The number of pyridine rings is 1. The van der Waals surface area contributed by atoms with E-state index in [1.54, 1.807) is 12.1 Å². The SMILES string of the molecule is CC[C@]1(C)OC(=O)c2ccc(N)nc21. The zero-order valence-corrected chi connectivity index (χ0v) is 8.20. The average Bonchev–Trinajstić information content (AvgIpc) is 2.40. The number of rotatable bonds is 1. The van der Waals surface area contributed by atoms with Crippen LogP contribution in [0.5, 0.6) is 0 Å². The van der Waals surface area contributed by atoms with Crippen molar-refractivity contribution < 1.29 is 9.53 Å². The van der Waals surface area contributed by atoms with E-state index in [-0.39, 0.29) is 5.97 Å². The second-order valence-electron chi connectivity index (χ2n) is 3.61. The second-order valence-corrected chi connectivity index (χ2v) is 3.61. The minimum atomic E-state index is -0.609. The van der Waals surface area contributed by atoms with Gasteiger partial charge in [0.25, 0.3) is 0 Å². The topological polar surface area (TPSA) is 65.2 Å². The fraction of sp³-hybridized carbons (Fsp3) is 0.400. The van der Waals surface area contributed by atoms with Crippen molar-refractivity contribution in [3.63, 3.8) is 0 Å². The number of carbonyl (C=O) groups is 1. The molecule has 2 heterocycles. The summed E-state index contributed by atoms with van der Waals surface area (Å²) >= 11 is 0. The first kappa shape index (κ1) is 8.99. The summed E-state index contributed by atoms with van der Waals surface area (Å²) < 4.78 is 5.27. The van der Waals surface area contributed by atoms with Gasteiger partial charge in [-0.2, -0.15) is 0 Å². The largest absolute Gasteiger partial charge is 0.449 e. The van der Waals surface area contributed by atoms with Gasteiger partial charge in [-0.25, -0.2) is 9.78 Å². The lowest BCUT2D eigenvalue weighted by Gasteiger charge is -2.20. The van der Waals surface area contributed by atoms with E-state index in [1.807, 2.05) is 13.8 Å². The van der Waals surface area contributed by atoms with Crippen LogP contribution in [-0.4, -0.2) is 11.0 Å². The summed E-state index contributed by atoms with van der Waals surface area (Å²) in [4.78, 5) is 15.6. The maximum absolute atomic E-state index is 11.4. The second kappa shape index (κ2) is 2.70. The molecule has 0 saturated carbocycles. The molecular formula is C10H12N2O2. The molecule has 0 radical (unpaired) electrons. The first-order valence-electron chi connectivity index (χ1n) is 4.57. The van der Waals surface area contributed by atoms with Crippen molar-refractivity contribution in [1.82, 2.24) is 4.98 Å². The van der Waals surface area contributed by atoms with Crippen molar-refractivity contribution in [2.75, 3.05) is 5.73 Å². The molecule has 0 spiro atoms. The summed E-state index contributed by atoms with van der Waals surface area (Å²) in [7, 11) is 0. The molecular weight excluding hydrogens is 180 g/mol. The molecule has 1 aliphatic rings. The fourth-order valence-electron chi connectivity index (χ4n) is 1.59. The zero-order chi connectivity index (χ0) is 10.3. The smallest absolute Gasteiger partial charge is 0.341 e. The van der Waals surface area contributed by atoms with Crippen molar-refractivity contribution in [3.8, 4) is 0 Å². The Labute approximate surface area is 82.1 Å². The molecule has 0 fully saturated rings. The fourth-order valence-corrected chi connectivity index (χ4v) is 1.59. The number of nitrogen functional groups attached to an aromatic ring is 1. The van der Waals surface area contributed by atoms with Gasteiger partial charge in [-0.05, 0) is 25.5 Å². The highest BCUT2D eigenvalue weighted by atomic mass is 16.6. The summed E-state index contributed by atoms with van der Waals surface area (Å²) in [6.07, 6.45) is 0.697. The predicted molar refractivity (Wildman–Crippen MR) is 51.7 cm³/mol. The average molecular weight is 192 g/mol. The number of aromatic nitrogens is 1. The summed E-state index contributed by atoms with van der Waals surface area (Å²) in [6, 6.07) is 3.28. The molecule has 4 heteroatoms. The Bertz CT molecular complexity index is 403. The first-order chi connectivity index (χ1) is 6.57. The van der Waals surface area contributed by atoms with Gasteiger partial charge in [-0.1, -0.05) is 6.92 Å². The molecule has 1 aromatic heterocycles. The molecule has 1 atom stereocenters. The van der Waals surface area contributed by atoms with Gasteiger partial charge in [0, 0.05) is 0 Å². The maximum atomic E-state index is 11.4. The van der Waals surface area contributed by atoms with Gasteiger partial charge >= 0.3 is 5.97 Å². The van der Waals surface area contributed by atoms with E-state index >= 15 is 0 Å². The number of esters is 1. The van der Waals surface area contributed by atoms with Crippen molar-refractivity contribution in [2.45, 2.75) is 25.9 Å². The van der Waals surface area contributed by atoms with E-state index in [2.05, 4.69) is 4.98 Å². The summed E-state index contributed by atoms with van der Waals surface area (Å²) in [5, 5.41) is 0. The minimum absolute atomic E-state index is 0.308. The summed E-state index contributed by atoms with van der Waals surface area (Å²) in [5.74, 6) is 0.110. The van der Waals surface area contributed by atoms with Crippen LogP contribution in [0.1, 0.15) is 36.3 Å². The minimum Gasteiger partial charge on any atom is -0.449 e. The van der Waals surface area contributed by atoms with E-state index in [4.69, 9.17) is 10.5 Å². The number of nitrogens with zero attached hydrogens (tertiary/aromatic N) is 1. The van der Waals surface area contributed by atoms with Crippen LogP contribution in [0, 0.1) is 0 Å². The molecule has 14 heavy (non-hydrogen) atoms. The highest BCUT2D eigenvalue weighted by molar-refractivity contribution is 5.94. The van der Waals surface area contributed by atoms with Gasteiger partial charge in [0.15, 0.2) is 5.60 Å². The lowest BCUT2D eigenvalue weighted by Crippen LogP contribution is -2.21. The maximum Gasteiger partial charge on any atom is 0.341 e.